The van der Waals surface area contributed by atoms with Crippen LogP contribution in [0.5, 0.6) is 0 Å². The van der Waals surface area contributed by atoms with Gasteiger partial charge in [0.25, 0.3) is 0 Å². The second-order valence-electron chi connectivity index (χ2n) is 12.5. The van der Waals surface area contributed by atoms with Gasteiger partial charge in [0.2, 0.25) is 0 Å². The Labute approximate surface area is 287 Å². The molecule has 3 heteroatoms. The molecule has 0 saturated carbocycles. The highest BCUT2D eigenvalue weighted by molar-refractivity contribution is 7.26. The molecule has 0 N–H and O–H groups in total. The largest absolute Gasteiger partial charge is 0.454 e. The quantitative estimate of drug-likeness (QED) is 0.186. The third kappa shape index (κ3) is 4.55. The van der Waals surface area contributed by atoms with Crippen LogP contribution in [0.1, 0.15) is 0 Å². The summed E-state index contributed by atoms with van der Waals surface area (Å²) in [5.74, 6) is 0. The topological polar surface area (TPSA) is 16.4 Å². The molecule has 0 aliphatic carbocycles. The molecule has 0 saturated heterocycles. The van der Waals surface area contributed by atoms with Crippen molar-refractivity contribution in [2.24, 2.45) is 0 Å². The van der Waals surface area contributed by atoms with Gasteiger partial charge in [-0.05, 0) is 75.5 Å². The van der Waals surface area contributed by atoms with Crippen molar-refractivity contribution in [2.75, 3.05) is 4.90 Å². The minimum atomic E-state index is 0.884. The summed E-state index contributed by atoms with van der Waals surface area (Å²) in [6, 6.07) is 63.1. The number of benzene rings is 8. The fraction of sp³-hybridized carbons (Fsp3) is 0. The Bertz CT molecular complexity index is 2710. The van der Waals surface area contributed by atoms with Crippen molar-refractivity contribution >= 4 is 81.3 Å². The van der Waals surface area contributed by atoms with E-state index in [2.05, 4.69) is 175 Å². The lowest BCUT2D eigenvalue weighted by molar-refractivity contribution is 0.669. The van der Waals surface area contributed by atoms with Gasteiger partial charge in [-0.3, -0.25) is 0 Å². The normalized spacial score (nSPS) is 11.7. The van der Waals surface area contributed by atoms with Gasteiger partial charge >= 0.3 is 0 Å². The van der Waals surface area contributed by atoms with Crippen LogP contribution in [-0.2, 0) is 0 Å². The lowest BCUT2D eigenvalue weighted by atomic mass is 9.95. The van der Waals surface area contributed by atoms with Crippen molar-refractivity contribution in [3.8, 4) is 22.3 Å². The minimum Gasteiger partial charge on any atom is -0.454 e. The zero-order valence-electron chi connectivity index (χ0n) is 26.5. The van der Waals surface area contributed by atoms with Gasteiger partial charge in [-0.2, -0.15) is 0 Å². The summed E-state index contributed by atoms with van der Waals surface area (Å²) in [4.78, 5) is 2.37. The number of rotatable bonds is 5. The van der Waals surface area contributed by atoms with Crippen LogP contribution >= 0.6 is 11.3 Å². The maximum Gasteiger partial charge on any atom is 0.159 e. The first-order chi connectivity index (χ1) is 24.3. The first-order valence-corrected chi connectivity index (χ1v) is 17.4. The predicted molar refractivity (Wildman–Crippen MR) is 210 cm³/mol. The molecule has 230 valence electrons. The number of nitrogens with zero attached hydrogens (tertiary/aromatic N) is 1. The number of furan rings is 1. The average Bonchev–Trinajstić information content (AvgIpc) is 3.75. The van der Waals surface area contributed by atoms with Gasteiger partial charge in [0.15, 0.2) is 5.58 Å². The summed E-state index contributed by atoms with van der Waals surface area (Å²) in [6.07, 6.45) is 0. The smallest absolute Gasteiger partial charge is 0.159 e. The molecular formula is C46H29NOS. The molecule has 0 bridgehead atoms. The Kier molecular flexibility index (Phi) is 6.39. The second kappa shape index (κ2) is 11.2. The van der Waals surface area contributed by atoms with E-state index >= 15 is 0 Å². The van der Waals surface area contributed by atoms with Crippen molar-refractivity contribution in [1.29, 1.82) is 0 Å². The third-order valence-corrected chi connectivity index (χ3v) is 10.9. The van der Waals surface area contributed by atoms with E-state index < -0.39 is 0 Å². The van der Waals surface area contributed by atoms with Crippen LogP contribution in [0.3, 0.4) is 0 Å². The molecule has 0 radical (unpaired) electrons. The zero-order valence-corrected chi connectivity index (χ0v) is 27.3. The zero-order chi connectivity index (χ0) is 32.3. The first-order valence-electron chi connectivity index (χ1n) is 16.6. The van der Waals surface area contributed by atoms with Crippen molar-refractivity contribution in [3.05, 3.63) is 176 Å². The Morgan fingerprint density at radius 1 is 0.429 bits per heavy atom. The van der Waals surface area contributed by atoms with E-state index in [0.717, 1.165) is 39.0 Å². The molecule has 0 aliphatic heterocycles. The van der Waals surface area contributed by atoms with E-state index in [1.165, 1.54) is 53.2 Å². The Morgan fingerprint density at radius 3 is 2.00 bits per heavy atom. The average molecular weight is 644 g/mol. The Hall–Kier alpha value is -6.16. The van der Waals surface area contributed by atoms with Crippen LogP contribution in [0.15, 0.2) is 180 Å². The van der Waals surface area contributed by atoms with Crippen molar-refractivity contribution in [2.45, 2.75) is 0 Å². The van der Waals surface area contributed by atoms with Gasteiger partial charge in [-0.25, -0.2) is 0 Å². The highest BCUT2D eigenvalue weighted by Gasteiger charge is 2.22. The van der Waals surface area contributed by atoms with Gasteiger partial charge in [0.1, 0.15) is 5.58 Å². The lowest BCUT2D eigenvalue weighted by Gasteiger charge is -2.26. The highest BCUT2D eigenvalue weighted by Crippen LogP contribution is 2.47. The van der Waals surface area contributed by atoms with Gasteiger partial charge in [-0.15, -0.1) is 11.3 Å². The van der Waals surface area contributed by atoms with Crippen LogP contribution < -0.4 is 4.90 Å². The fourth-order valence-corrected chi connectivity index (χ4v) is 8.57. The maximum atomic E-state index is 6.62. The molecule has 0 amide bonds. The van der Waals surface area contributed by atoms with Crippen molar-refractivity contribution in [1.82, 2.24) is 0 Å². The van der Waals surface area contributed by atoms with E-state index in [9.17, 15) is 0 Å². The van der Waals surface area contributed by atoms with Gasteiger partial charge in [0.05, 0.1) is 16.1 Å². The Balaban J connectivity index is 1.14. The van der Waals surface area contributed by atoms with Gasteiger partial charge < -0.3 is 9.32 Å². The summed E-state index contributed by atoms with van der Waals surface area (Å²) < 4.78 is 9.16. The van der Waals surface area contributed by atoms with E-state index in [-0.39, 0.29) is 0 Å². The molecule has 0 fully saturated rings. The molecule has 10 aromatic rings. The molecule has 0 aliphatic rings. The lowest BCUT2D eigenvalue weighted by Crippen LogP contribution is -2.10. The molecule has 10 rings (SSSR count). The Morgan fingerprint density at radius 2 is 1.12 bits per heavy atom. The minimum absolute atomic E-state index is 0.884. The van der Waals surface area contributed by atoms with Crippen LogP contribution in [0, 0.1) is 0 Å². The number of para-hydroxylation sites is 2. The summed E-state index contributed by atoms with van der Waals surface area (Å²) >= 11 is 1.84. The molecule has 2 aromatic heterocycles. The van der Waals surface area contributed by atoms with Crippen LogP contribution in [0.2, 0.25) is 0 Å². The van der Waals surface area contributed by atoms with Crippen LogP contribution in [0.4, 0.5) is 17.1 Å². The molecule has 0 unspecified atom stereocenters. The molecule has 0 atom stereocenters. The molecule has 8 aromatic carbocycles. The standard InChI is InChI=1S/C46H29NOS/c1-2-11-31(12-3-1)35-16-8-13-33-29-32(25-28-36(33)35)30-23-26-34(27-24-30)47(41-19-9-17-39-37-14-4-6-21-43(37)48-45(39)41)42-20-10-18-40-38-15-5-7-22-44(38)49-46(40)42/h1-29H. The highest BCUT2D eigenvalue weighted by atomic mass is 32.1. The van der Waals surface area contributed by atoms with E-state index in [1.54, 1.807) is 0 Å². The summed E-state index contributed by atoms with van der Waals surface area (Å²) in [6.45, 7) is 0. The van der Waals surface area contributed by atoms with E-state index in [1.807, 2.05) is 17.4 Å². The monoisotopic (exact) mass is 643 g/mol. The number of hydrogen-bond donors (Lipinski definition) is 0. The molecule has 49 heavy (non-hydrogen) atoms. The number of anilines is 3. The summed E-state index contributed by atoms with van der Waals surface area (Å²) in [5.41, 5.74) is 9.88. The van der Waals surface area contributed by atoms with E-state index in [0.29, 0.717) is 0 Å². The van der Waals surface area contributed by atoms with Crippen molar-refractivity contribution in [3.63, 3.8) is 0 Å². The predicted octanol–water partition coefficient (Wildman–Crippen LogP) is 13.9. The number of thiophene rings is 1. The molecule has 0 spiro atoms. The van der Waals surface area contributed by atoms with Crippen molar-refractivity contribution < 1.29 is 4.42 Å². The van der Waals surface area contributed by atoms with Gasteiger partial charge in [0, 0.05) is 31.9 Å². The number of hydrogen-bond acceptors (Lipinski definition) is 3. The second-order valence-corrected chi connectivity index (χ2v) is 13.5. The first kappa shape index (κ1) is 27.9. The summed E-state index contributed by atoms with van der Waals surface area (Å²) in [5, 5.41) is 7.29. The maximum absolute atomic E-state index is 6.62. The van der Waals surface area contributed by atoms with Crippen LogP contribution in [0.25, 0.3) is 75.1 Å². The molecule has 2 nitrogen and oxygen atoms in total. The summed E-state index contributed by atoms with van der Waals surface area (Å²) in [7, 11) is 0. The molecule has 2 heterocycles. The number of fused-ring (bicyclic) bond motifs is 7. The van der Waals surface area contributed by atoms with Crippen LogP contribution in [-0.4, -0.2) is 0 Å². The fourth-order valence-electron chi connectivity index (χ4n) is 7.36. The van der Waals surface area contributed by atoms with E-state index in [4.69, 9.17) is 4.42 Å². The SMILES string of the molecule is c1ccc(-c2cccc3cc(-c4ccc(N(c5cccc6c5oc5ccccc56)c5cccc6c5sc5ccccc56)cc4)ccc23)cc1. The molecular weight excluding hydrogens is 615 g/mol. The van der Waals surface area contributed by atoms with Gasteiger partial charge in [-0.1, -0.05) is 133 Å². The third-order valence-electron chi connectivity index (χ3n) is 9.67.